The molecule has 3 aromatic rings. The maximum atomic E-state index is 13.3. The highest BCUT2D eigenvalue weighted by Gasteiger charge is 2.21. The van der Waals surface area contributed by atoms with E-state index in [0.717, 1.165) is 11.1 Å². The summed E-state index contributed by atoms with van der Waals surface area (Å²) in [5, 5.41) is 2.91. The first kappa shape index (κ1) is 18.4. The van der Waals surface area contributed by atoms with Crippen LogP contribution in [0, 0.1) is 5.82 Å². The Bertz CT molecular complexity index is 893. The number of rotatable bonds is 6. The first-order chi connectivity index (χ1) is 13.0. The van der Waals surface area contributed by atoms with Crippen molar-refractivity contribution in [3.8, 4) is 0 Å². The van der Waals surface area contributed by atoms with Crippen LogP contribution < -0.4 is 5.32 Å². The highest BCUT2D eigenvalue weighted by atomic mass is 19.1. The van der Waals surface area contributed by atoms with E-state index in [2.05, 4.69) is 5.32 Å². The summed E-state index contributed by atoms with van der Waals surface area (Å²) in [7, 11) is 1.53. The van der Waals surface area contributed by atoms with E-state index in [0.29, 0.717) is 0 Å². The highest BCUT2D eigenvalue weighted by Crippen LogP contribution is 2.22. The molecule has 138 valence electrons. The lowest BCUT2D eigenvalue weighted by molar-refractivity contribution is -0.122. The van der Waals surface area contributed by atoms with Crippen LogP contribution in [-0.2, 0) is 4.79 Å². The fourth-order valence-corrected chi connectivity index (χ4v) is 2.74. The summed E-state index contributed by atoms with van der Waals surface area (Å²) in [4.78, 5) is 26.0. The van der Waals surface area contributed by atoms with Gasteiger partial charge in [0, 0.05) is 7.05 Å². The zero-order valence-electron chi connectivity index (χ0n) is 14.8. The van der Waals surface area contributed by atoms with Gasteiger partial charge in [-0.3, -0.25) is 9.59 Å². The average molecular weight is 366 g/mol. The summed E-state index contributed by atoms with van der Waals surface area (Å²) in [6.07, 6.45) is 1.40. The van der Waals surface area contributed by atoms with Crippen LogP contribution in [0.5, 0.6) is 0 Å². The maximum Gasteiger partial charge on any atom is 0.289 e. The molecule has 1 atom stereocenters. The number of furan rings is 1. The van der Waals surface area contributed by atoms with Gasteiger partial charge in [-0.05, 0) is 35.4 Å². The lowest BCUT2D eigenvalue weighted by atomic mass is 9.98. The van der Waals surface area contributed by atoms with Crippen LogP contribution in [0.15, 0.2) is 77.4 Å². The van der Waals surface area contributed by atoms with Gasteiger partial charge in [-0.25, -0.2) is 4.39 Å². The number of hydrogen-bond acceptors (Lipinski definition) is 3. The molecule has 27 heavy (non-hydrogen) atoms. The molecule has 1 aromatic heterocycles. The van der Waals surface area contributed by atoms with Crippen molar-refractivity contribution in [1.29, 1.82) is 0 Å². The van der Waals surface area contributed by atoms with Gasteiger partial charge < -0.3 is 14.6 Å². The number of hydrogen-bond donors (Lipinski definition) is 1. The van der Waals surface area contributed by atoms with Crippen molar-refractivity contribution in [2.24, 2.45) is 0 Å². The molecule has 5 nitrogen and oxygen atoms in total. The molecule has 2 aromatic carbocycles. The molecule has 1 heterocycles. The smallest absolute Gasteiger partial charge is 0.289 e. The predicted molar refractivity (Wildman–Crippen MR) is 98.5 cm³/mol. The van der Waals surface area contributed by atoms with Crippen molar-refractivity contribution in [2.45, 2.75) is 6.04 Å². The lowest BCUT2D eigenvalue weighted by Gasteiger charge is -2.22. The summed E-state index contributed by atoms with van der Waals surface area (Å²) < 4.78 is 18.3. The van der Waals surface area contributed by atoms with Gasteiger partial charge in [-0.15, -0.1) is 0 Å². The molecule has 1 N–H and O–H groups in total. The van der Waals surface area contributed by atoms with Crippen LogP contribution >= 0.6 is 0 Å². The third-order valence-electron chi connectivity index (χ3n) is 4.10. The zero-order chi connectivity index (χ0) is 19.2. The fraction of sp³-hybridized carbons (Fsp3) is 0.143. The number of halogens is 1. The molecule has 3 rings (SSSR count). The first-order valence-corrected chi connectivity index (χ1v) is 8.43. The number of carbonyl (C=O) groups is 2. The molecule has 6 heteroatoms. The molecule has 0 aliphatic heterocycles. The molecule has 0 saturated heterocycles. The van der Waals surface area contributed by atoms with Crippen LogP contribution in [0.25, 0.3) is 0 Å². The Morgan fingerprint density at radius 3 is 2.30 bits per heavy atom. The van der Waals surface area contributed by atoms with Gasteiger partial charge in [-0.1, -0.05) is 42.5 Å². The minimum atomic E-state index is -0.452. The van der Waals surface area contributed by atoms with Crippen LogP contribution in [0.2, 0.25) is 0 Å². The molecule has 0 radical (unpaired) electrons. The molecule has 0 bridgehead atoms. The Morgan fingerprint density at radius 2 is 1.67 bits per heavy atom. The Labute approximate surface area is 156 Å². The molecule has 2 amide bonds. The molecule has 1 unspecified atom stereocenters. The molecule has 0 saturated carbocycles. The summed E-state index contributed by atoms with van der Waals surface area (Å²) in [5.74, 6) is -0.895. The van der Waals surface area contributed by atoms with Crippen molar-refractivity contribution in [1.82, 2.24) is 10.2 Å². The SMILES string of the molecule is CN(CC(=O)NC(c1ccccc1)c1ccc(F)cc1)C(=O)c1ccco1. The third kappa shape index (κ3) is 4.61. The summed E-state index contributed by atoms with van der Waals surface area (Å²) in [6, 6.07) is 18.0. The normalized spacial score (nSPS) is 11.6. The van der Waals surface area contributed by atoms with Gasteiger partial charge in [-0.2, -0.15) is 0 Å². The minimum Gasteiger partial charge on any atom is -0.459 e. The van der Waals surface area contributed by atoms with Crippen molar-refractivity contribution in [3.63, 3.8) is 0 Å². The highest BCUT2D eigenvalue weighted by molar-refractivity contribution is 5.94. The lowest BCUT2D eigenvalue weighted by Crippen LogP contribution is -2.40. The third-order valence-corrected chi connectivity index (χ3v) is 4.10. The molecule has 0 aliphatic rings. The van der Waals surface area contributed by atoms with E-state index < -0.39 is 6.04 Å². The number of nitrogens with one attached hydrogen (secondary N) is 1. The number of amides is 2. The Kier molecular flexibility index (Phi) is 5.66. The van der Waals surface area contributed by atoms with Gasteiger partial charge >= 0.3 is 0 Å². The van der Waals surface area contributed by atoms with Gasteiger partial charge in [0.05, 0.1) is 18.8 Å². The first-order valence-electron chi connectivity index (χ1n) is 8.43. The topological polar surface area (TPSA) is 62.6 Å². The van der Waals surface area contributed by atoms with Gasteiger partial charge in [0.1, 0.15) is 5.82 Å². The Hall–Kier alpha value is -3.41. The fourth-order valence-electron chi connectivity index (χ4n) is 2.74. The number of likely N-dealkylation sites (N-methyl/N-ethyl adjacent to an activating group) is 1. The van der Waals surface area contributed by atoms with E-state index in [9.17, 15) is 14.0 Å². The van der Waals surface area contributed by atoms with E-state index in [-0.39, 0.29) is 29.9 Å². The van der Waals surface area contributed by atoms with E-state index in [1.807, 2.05) is 30.3 Å². The standard InChI is InChI=1S/C21H19FN2O3/c1-24(21(26)18-8-5-13-27-18)14-19(25)23-20(15-6-3-2-4-7-15)16-9-11-17(22)12-10-16/h2-13,20H,14H2,1H3,(H,23,25). The average Bonchev–Trinajstić information content (AvgIpc) is 3.21. The molecular formula is C21H19FN2O3. The summed E-state index contributed by atoms with van der Waals surface area (Å²) in [6.45, 7) is -0.135. The summed E-state index contributed by atoms with van der Waals surface area (Å²) in [5.41, 5.74) is 1.61. The van der Waals surface area contributed by atoms with E-state index in [1.165, 1.54) is 30.3 Å². The molecule has 0 fully saturated rings. The molecular weight excluding hydrogens is 347 g/mol. The summed E-state index contributed by atoms with van der Waals surface area (Å²) >= 11 is 0. The van der Waals surface area contributed by atoms with Crippen molar-refractivity contribution in [3.05, 3.63) is 95.7 Å². The zero-order valence-corrected chi connectivity index (χ0v) is 14.8. The number of benzene rings is 2. The number of nitrogens with zero attached hydrogens (tertiary/aromatic N) is 1. The molecule has 0 aliphatic carbocycles. The minimum absolute atomic E-state index is 0.135. The monoisotopic (exact) mass is 366 g/mol. The van der Waals surface area contributed by atoms with Crippen LogP contribution in [0.1, 0.15) is 27.7 Å². The molecule has 0 spiro atoms. The number of carbonyl (C=O) groups excluding carboxylic acids is 2. The second kappa shape index (κ2) is 8.31. The van der Waals surface area contributed by atoms with Crippen LogP contribution in [0.4, 0.5) is 4.39 Å². The van der Waals surface area contributed by atoms with Gasteiger partial charge in [0.2, 0.25) is 5.91 Å². The quantitative estimate of drug-likeness (QED) is 0.727. The van der Waals surface area contributed by atoms with Crippen molar-refractivity contribution in [2.75, 3.05) is 13.6 Å². The van der Waals surface area contributed by atoms with Gasteiger partial charge in [0.25, 0.3) is 5.91 Å². The maximum absolute atomic E-state index is 13.3. The van der Waals surface area contributed by atoms with Gasteiger partial charge in [0.15, 0.2) is 5.76 Å². The largest absolute Gasteiger partial charge is 0.459 e. The van der Waals surface area contributed by atoms with Crippen LogP contribution in [0.3, 0.4) is 0 Å². The second-order valence-electron chi connectivity index (χ2n) is 6.10. The van der Waals surface area contributed by atoms with Crippen LogP contribution in [-0.4, -0.2) is 30.3 Å². The van der Waals surface area contributed by atoms with E-state index in [4.69, 9.17) is 4.42 Å². The van der Waals surface area contributed by atoms with E-state index >= 15 is 0 Å². The Balaban J connectivity index is 1.74. The predicted octanol–water partition coefficient (Wildman–Crippen LogP) is 3.40. The second-order valence-corrected chi connectivity index (χ2v) is 6.10. The van der Waals surface area contributed by atoms with Crippen molar-refractivity contribution < 1.29 is 18.4 Å². The van der Waals surface area contributed by atoms with Crippen molar-refractivity contribution >= 4 is 11.8 Å². The Morgan fingerprint density at radius 1 is 1.00 bits per heavy atom. The van der Waals surface area contributed by atoms with E-state index in [1.54, 1.807) is 24.3 Å².